The van der Waals surface area contributed by atoms with Crippen LogP contribution >= 0.6 is 0 Å². The van der Waals surface area contributed by atoms with E-state index in [0.717, 1.165) is 63.3 Å². The van der Waals surface area contributed by atoms with Crippen molar-refractivity contribution < 1.29 is 19.1 Å². The molecule has 0 aromatic rings. The van der Waals surface area contributed by atoms with E-state index in [1.54, 1.807) is 0 Å². The lowest BCUT2D eigenvalue weighted by Gasteiger charge is -2.32. The molecule has 2 N–H and O–H groups in total. The minimum atomic E-state index is -0.717. The van der Waals surface area contributed by atoms with Crippen molar-refractivity contribution in [3.63, 3.8) is 0 Å². The van der Waals surface area contributed by atoms with Gasteiger partial charge in [0.15, 0.2) is 0 Å². The van der Waals surface area contributed by atoms with E-state index < -0.39 is 11.9 Å². The Balaban J connectivity index is 1.28. The lowest BCUT2D eigenvalue weighted by Crippen LogP contribution is -2.35. The zero-order valence-electron chi connectivity index (χ0n) is 28.2. The summed E-state index contributed by atoms with van der Waals surface area (Å²) in [5.74, 6) is -1.43. The van der Waals surface area contributed by atoms with Gasteiger partial charge in [-0.3, -0.25) is 0 Å². The molecule has 2 unspecified atom stereocenters. The maximum atomic E-state index is 13.0. The molecule has 2 aliphatic heterocycles. The highest BCUT2D eigenvalue weighted by atomic mass is 16.5. The average Bonchev–Trinajstić information content (AvgIpc) is 3.85. The van der Waals surface area contributed by atoms with Gasteiger partial charge < -0.3 is 29.9 Å². The first kappa shape index (κ1) is 36.2. The molecule has 12 nitrogen and oxygen atoms in total. The fourth-order valence-corrected chi connectivity index (χ4v) is 7.04. The molecular weight excluding hydrogens is 608 g/mol. The van der Waals surface area contributed by atoms with Crippen LogP contribution in [0.15, 0.2) is 44.8 Å². The van der Waals surface area contributed by atoms with Crippen molar-refractivity contribution in [2.45, 2.75) is 89.1 Å². The molecule has 0 amide bonds. The summed E-state index contributed by atoms with van der Waals surface area (Å²) in [5, 5.41) is 46.3. The molecule has 0 saturated carbocycles. The van der Waals surface area contributed by atoms with Crippen LogP contribution < -0.4 is 10.6 Å². The Bertz CT molecular complexity index is 1400. The number of hydrogen-bond acceptors (Lipinski definition) is 12. The van der Waals surface area contributed by atoms with Gasteiger partial charge in [0.05, 0.1) is 24.4 Å². The molecule has 0 aromatic carbocycles. The Morgan fingerprint density at radius 1 is 0.646 bits per heavy atom. The van der Waals surface area contributed by atoms with Crippen molar-refractivity contribution in [3.05, 3.63) is 44.8 Å². The largest absolute Gasteiger partial charge is 0.462 e. The maximum absolute atomic E-state index is 13.0. The van der Waals surface area contributed by atoms with Crippen LogP contribution in [0.1, 0.15) is 77.0 Å². The third kappa shape index (κ3) is 8.64. The van der Waals surface area contributed by atoms with Gasteiger partial charge in [-0.1, -0.05) is 0 Å². The number of nitrogens with zero attached hydrogens (tertiary/aromatic N) is 6. The summed E-state index contributed by atoms with van der Waals surface area (Å²) >= 11 is 0. The summed E-state index contributed by atoms with van der Waals surface area (Å²) in [6, 6.07) is 8.59. The highest BCUT2D eigenvalue weighted by Gasteiger charge is 2.34. The van der Waals surface area contributed by atoms with E-state index in [4.69, 9.17) is 9.47 Å². The molecular formula is C36H46N8O4. The average molecular weight is 655 g/mol. The second-order valence-corrected chi connectivity index (χ2v) is 12.7. The van der Waals surface area contributed by atoms with Crippen molar-refractivity contribution in [2.75, 3.05) is 53.5 Å². The minimum absolute atomic E-state index is 0.0172. The Morgan fingerprint density at radius 2 is 1.02 bits per heavy atom. The van der Waals surface area contributed by atoms with Crippen LogP contribution in [0.4, 0.5) is 0 Å². The number of unbranched alkanes of at least 4 members (excludes halogenated alkanes) is 3. The first-order chi connectivity index (χ1) is 23.4. The molecule has 4 aliphatic rings. The number of rotatable bonds is 13. The molecule has 0 aromatic heterocycles. The lowest BCUT2D eigenvalue weighted by molar-refractivity contribution is -0.140. The minimum Gasteiger partial charge on any atom is -0.462 e. The molecule has 4 rings (SSSR count). The predicted octanol–water partition coefficient (Wildman–Crippen LogP) is 3.78. The van der Waals surface area contributed by atoms with E-state index in [1.807, 2.05) is 26.2 Å². The van der Waals surface area contributed by atoms with Gasteiger partial charge in [-0.2, -0.15) is 21.0 Å². The summed E-state index contributed by atoms with van der Waals surface area (Å²) in [7, 11) is 3.68. The number of allylic oxidation sites excluding steroid dienone is 2. The van der Waals surface area contributed by atoms with Gasteiger partial charge in [0.25, 0.3) is 0 Å². The zero-order chi connectivity index (χ0) is 34.5. The molecule has 2 atom stereocenters. The number of hydrogen-bond donors (Lipinski definition) is 2. The highest BCUT2D eigenvalue weighted by Crippen LogP contribution is 2.36. The number of nitrogens with one attached hydrogen (secondary N) is 2. The van der Waals surface area contributed by atoms with Crippen LogP contribution in [0.5, 0.6) is 0 Å². The second kappa shape index (κ2) is 18.1. The van der Waals surface area contributed by atoms with Crippen LogP contribution in [0.25, 0.3) is 0 Å². The summed E-state index contributed by atoms with van der Waals surface area (Å²) < 4.78 is 10.9. The molecule has 254 valence electrons. The quantitative estimate of drug-likeness (QED) is 0.127. The number of carbonyl (C=O) groups excluding carboxylic acids is 2. The van der Waals surface area contributed by atoms with Crippen molar-refractivity contribution in [1.82, 2.24) is 20.4 Å². The van der Waals surface area contributed by atoms with Crippen LogP contribution in [0.2, 0.25) is 0 Å². The molecule has 2 heterocycles. The van der Waals surface area contributed by atoms with Crippen LogP contribution in [0, 0.1) is 45.3 Å². The molecule has 12 heteroatoms. The van der Waals surface area contributed by atoms with E-state index in [2.05, 4.69) is 32.6 Å². The van der Waals surface area contributed by atoms with Crippen molar-refractivity contribution in [3.8, 4) is 24.3 Å². The summed E-state index contributed by atoms with van der Waals surface area (Å²) in [4.78, 5) is 30.4. The van der Waals surface area contributed by atoms with E-state index in [1.165, 1.54) is 0 Å². The fourth-order valence-electron chi connectivity index (χ4n) is 7.04. The standard InChI is InChI=1S/C36H46N8O4/c1-41-25-17-27(29(21-37)33(19-25)43-11-5-6-12-43)31(23-39)35(45)47-15-9-3-4-10-16-48-36(46)32(24-40)28-18-26(42-2)20-34(30(28)22-38)44-13-7-8-14-44/h25-26,41-42H,3-20H2,1-2H3/b31-27+,32-28+. The van der Waals surface area contributed by atoms with Gasteiger partial charge >= 0.3 is 11.9 Å². The molecule has 0 bridgehead atoms. The van der Waals surface area contributed by atoms with Crippen molar-refractivity contribution in [2.24, 2.45) is 0 Å². The van der Waals surface area contributed by atoms with Gasteiger partial charge in [0.1, 0.15) is 35.4 Å². The van der Waals surface area contributed by atoms with Gasteiger partial charge in [0, 0.05) is 62.5 Å². The summed E-state index contributed by atoms with van der Waals surface area (Å²) in [6.45, 7) is 3.70. The van der Waals surface area contributed by atoms with E-state index >= 15 is 0 Å². The van der Waals surface area contributed by atoms with Gasteiger partial charge in [-0.25, -0.2) is 9.59 Å². The Hall–Kier alpha value is -4.62. The maximum Gasteiger partial charge on any atom is 0.349 e. The zero-order valence-corrected chi connectivity index (χ0v) is 28.2. The van der Waals surface area contributed by atoms with Crippen molar-refractivity contribution in [1.29, 1.82) is 21.0 Å². The molecule has 48 heavy (non-hydrogen) atoms. The lowest BCUT2D eigenvalue weighted by atomic mass is 9.84. The molecule has 2 saturated heterocycles. The third-order valence-electron chi connectivity index (χ3n) is 9.72. The molecule has 2 aliphatic carbocycles. The monoisotopic (exact) mass is 654 g/mol. The highest BCUT2D eigenvalue weighted by molar-refractivity contribution is 5.95. The normalized spacial score (nSPS) is 23.2. The van der Waals surface area contributed by atoms with E-state index in [-0.39, 0.29) is 36.4 Å². The smallest absolute Gasteiger partial charge is 0.349 e. The van der Waals surface area contributed by atoms with Gasteiger partial charge in [-0.05, 0) is 89.4 Å². The number of likely N-dealkylation sites (tertiary alicyclic amines) is 2. The van der Waals surface area contributed by atoms with Crippen LogP contribution in [-0.2, 0) is 19.1 Å². The van der Waals surface area contributed by atoms with Crippen LogP contribution in [0.3, 0.4) is 0 Å². The predicted molar refractivity (Wildman–Crippen MR) is 177 cm³/mol. The number of nitriles is 4. The molecule has 0 radical (unpaired) electrons. The first-order valence-electron chi connectivity index (χ1n) is 17.1. The molecule has 2 fully saturated rings. The van der Waals surface area contributed by atoms with Gasteiger partial charge in [0.2, 0.25) is 0 Å². The SMILES string of the molecule is CNC1CC(N2CCCC2)=C(C#N)/C(=C(\C#N)C(=O)OCCCCCCOC(=O)/C(C#N)=C2\CC(NC)CC(N3CCCC3)=C2C#N)C1. The topological polar surface area (TPSA) is 178 Å². The van der Waals surface area contributed by atoms with E-state index in [9.17, 15) is 30.6 Å². The first-order valence-corrected chi connectivity index (χ1v) is 17.1. The summed E-state index contributed by atoms with van der Waals surface area (Å²) in [5.41, 5.74) is 3.29. The third-order valence-corrected chi connectivity index (χ3v) is 9.72. The number of ether oxygens (including phenoxy) is 2. The second-order valence-electron chi connectivity index (χ2n) is 12.7. The number of esters is 2. The van der Waals surface area contributed by atoms with Crippen molar-refractivity contribution >= 4 is 11.9 Å². The Labute approximate surface area is 283 Å². The fraction of sp³-hybridized carbons (Fsp3) is 0.611. The number of carbonyl (C=O) groups is 2. The van der Waals surface area contributed by atoms with E-state index in [0.29, 0.717) is 73.7 Å². The van der Waals surface area contributed by atoms with Crippen LogP contribution in [-0.4, -0.2) is 87.3 Å². The Kier molecular flexibility index (Phi) is 13.6. The molecule has 0 spiro atoms. The Morgan fingerprint density at radius 3 is 1.33 bits per heavy atom. The van der Waals surface area contributed by atoms with Gasteiger partial charge in [-0.15, -0.1) is 0 Å². The summed E-state index contributed by atoms with van der Waals surface area (Å²) in [6.07, 6.45) is 8.89.